The zero-order valence-electron chi connectivity index (χ0n) is 26.6. The van der Waals surface area contributed by atoms with Crippen LogP contribution in [0.25, 0.3) is 17.0 Å². The second-order valence-electron chi connectivity index (χ2n) is 12.9. The molecule has 0 bridgehead atoms. The summed E-state index contributed by atoms with van der Waals surface area (Å²) in [7, 11) is 1.85. The maximum atomic E-state index is 5.92. The second kappa shape index (κ2) is 12.6. The van der Waals surface area contributed by atoms with Crippen molar-refractivity contribution in [1.82, 2.24) is 18.6 Å². The Morgan fingerprint density at radius 1 is 1.07 bits per heavy atom. The first-order chi connectivity index (χ1) is 20.1. The Morgan fingerprint density at radius 2 is 1.86 bits per heavy atom. The number of benzene rings is 2. The Balaban J connectivity index is 0.00000368. The zero-order valence-corrected chi connectivity index (χ0v) is 29.6. The van der Waals surface area contributed by atoms with Crippen LogP contribution in [-0.4, -0.2) is 45.3 Å². The van der Waals surface area contributed by atoms with Gasteiger partial charge in [0.05, 0.1) is 34.7 Å². The predicted octanol–water partition coefficient (Wildman–Crippen LogP) is 8.58. The van der Waals surface area contributed by atoms with Gasteiger partial charge in [-0.3, -0.25) is 2.52 Å². The molecular formula is C34H45IN6OS. The fraction of sp³-hybridized carbons (Fsp3) is 0.471. The molecule has 1 fully saturated rings. The Kier molecular flexibility index (Phi) is 9.38. The van der Waals surface area contributed by atoms with Gasteiger partial charge < -0.3 is 20.7 Å². The number of methoxy groups -OCH3 is 1. The van der Waals surface area contributed by atoms with Crippen LogP contribution in [0, 0.1) is 12.3 Å². The van der Waals surface area contributed by atoms with Crippen molar-refractivity contribution in [2.75, 3.05) is 36.5 Å². The minimum Gasteiger partial charge on any atom is -0.381 e. The lowest BCUT2D eigenvalue weighted by molar-refractivity contribution is -0.00647. The molecule has 9 heteroatoms. The smallest absolute Gasteiger partial charge is 0.162 e. The van der Waals surface area contributed by atoms with Crippen LogP contribution in [-0.2, 0) is 17.7 Å². The fourth-order valence-corrected chi connectivity index (χ4v) is 8.76. The number of aromatic nitrogens is 2. The van der Waals surface area contributed by atoms with Crippen LogP contribution >= 0.6 is 34.8 Å². The van der Waals surface area contributed by atoms with E-state index in [0.717, 1.165) is 56.2 Å². The molecule has 3 aliphatic rings. The van der Waals surface area contributed by atoms with Crippen LogP contribution in [0.5, 0.6) is 0 Å². The lowest BCUT2D eigenvalue weighted by Gasteiger charge is -2.45. The van der Waals surface area contributed by atoms with Crippen molar-refractivity contribution >= 4 is 51.9 Å². The van der Waals surface area contributed by atoms with Crippen molar-refractivity contribution in [1.29, 1.82) is 0 Å². The zero-order chi connectivity index (χ0) is 29.8. The number of aryl methyl sites for hydroxylation is 1. The van der Waals surface area contributed by atoms with E-state index in [2.05, 4.69) is 119 Å². The van der Waals surface area contributed by atoms with Crippen LogP contribution in [0.4, 0.5) is 11.5 Å². The van der Waals surface area contributed by atoms with Gasteiger partial charge in [-0.15, -0.1) is 0 Å². The van der Waals surface area contributed by atoms with Gasteiger partial charge in [-0.1, -0.05) is 52.0 Å². The molecule has 3 N–H and O–H groups in total. The average molecular weight is 713 g/mol. The molecule has 0 spiro atoms. The third-order valence-electron chi connectivity index (χ3n) is 9.14. The number of anilines is 2. The summed E-state index contributed by atoms with van der Waals surface area (Å²) in [6.07, 6.45) is 4.33. The van der Waals surface area contributed by atoms with E-state index < -0.39 is 0 Å². The second-order valence-corrected chi connectivity index (χ2v) is 15.7. The van der Waals surface area contributed by atoms with Gasteiger partial charge in [0.25, 0.3) is 0 Å². The molecule has 2 aromatic carbocycles. The highest BCUT2D eigenvalue weighted by Gasteiger charge is 2.38. The number of piperidine rings is 1. The van der Waals surface area contributed by atoms with E-state index in [9.17, 15) is 0 Å². The van der Waals surface area contributed by atoms with Gasteiger partial charge in [0.15, 0.2) is 5.82 Å². The molecule has 4 heterocycles. The highest BCUT2D eigenvalue weighted by Crippen LogP contribution is 2.44. The summed E-state index contributed by atoms with van der Waals surface area (Å²) >= 11 is 4.09. The number of hydrogen-bond acceptors (Lipinski definition) is 8. The van der Waals surface area contributed by atoms with Crippen LogP contribution in [0.15, 0.2) is 47.5 Å². The average Bonchev–Trinajstić information content (AvgIpc) is 2.95. The number of rotatable bonds is 5. The van der Waals surface area contributed by atoms with Gasteiger partial charge in [-0.2, -0.15) is 0 Å². The van der Waals surface area contributed by atoms with Crippen molar-refractivity contribution in [3.8, 4) is 11.4 Å². The van der Waals surface area contributed by atoms with Gasteiger partial charge in [0.2, 0.25) is 0 Å². The van der Waals surface area contributed by atoms with E-state index in [1.165, 1.54) is 44.1 Å². The van der Waals surface area contributed by atoms with Gasteiger partial charge >= 0.3 is 0 Å². The molecule has 1 aromatic heterocycles. The maximum Gasteiger partial charge on any atom is 0.162 e. The third-order valence-corrected chi connectivity index (χ3v) is 10.8. The van der Waals surface area contributed by atoms with Crippen molar-refractivity contribution in [3.63, 3.8) is 0 Å². The quantitative estimate of drug-likeness (QED) is 0.160. The van der Waals surface area contributed by atoms with Crippen molar-refractivity contribution in [3.05, 3.63) is 70.5 Å². The molecule has 0 aliphatic carbocycles. The molecule has 1 saturated heterocycles. The first-order valence-electron chi connectivity index (χ1n) is 15.0. The number of halogens is 1. The molecule has 7 nitrogen and oxygen atoms in total. The van der Waals surface area contributed by atoms with Crippen molar-refractivity contribution in [2.45, 2.75) is 77.8 Å². The largest absolute Gasteiger partial charge is 0.381 e. The number of allylic oxidation sites excluding steroid dienone is 1. The van der Waals surface area contributed by atoms with Gasteiger partial charge in [0, 0.05) is 78.6 Å². The van der Waals surface area contributed by atoms with Crippen LogP contribution < -0.4 is 16.0 Å². The maximum absolute atomic E-state index is 5.92. The predicted molar refractivity (Wildman–Crippen MR) is 189 cm³/mol. The Labute approximate surface area is 275 Å². The van der Waals surface area contributed by atoms with E-state index >= 15 is 0 Å². The minimum atomic E-state index is 0. The van der Waals surface area contributed by atoms with Crippen LogP contribution in [0.2, 0.25) is 0 Å². The molecule has 43 heavy (non-hydrogen) atoms. The molecule has 3 aromatic rings. The van der Waals surface area contributed by atoms with Crippen LogP contribution in [0.1, 0.15) is 74.9 Å². The monoisotopic (exact) mass is 712 g/mol. The number of hydrogen-bond donors (Lipinski definition) is 1. The lowest BCUT2D eigenvalue weighted by Crippen LogP contribution is -2.50. The first kappa shape index (κ1) is 32.1. The fourth-order valence-electron chi connectivity index (χ4n) is 6.80. The lowest BCUT2D eigenvalue weighted by atomic mass is 9.81. The third kappa shape index (κ3) is 6.15. The number of nitrogens with zero attached hydrogens (tertiary/aromatic N) is 5. The summed E-state index contributed by atoms with van der Waals surface area (Å²) in [4.78, 5) is 17.1. The van der Waals surface area contributed by atoms with Gasteiger partial charge in [-0.25, -0.2) is 9.97 Å². The van der Waals surface area contributed by atoms with E-state index in [4.69, 9.17) is 14.7 Å². The Hall–Kier alpha value is -2.34. The van der Waals surface area contributed by atoms with E-state index in [1.807, 2.05) is 7.11 Å². The SMILES string of the molecule is COC1CCN(c2nc(-c3cccc4c3C(C)=CN(I)S4)nc3c2CN(c2cc(C(C)C)ccc2C)CC3)CC1(C)C.N. The molecule has 1 unspecified atom stereocenters. The minimum absolute atomic E-state index is 0. The summed E-state index contributed by atoms with van der Waals surface area (Å²) < 4.78 is 8.06. The van der Waals surface area contributed by atoms with Crippen molar-refractivity contribution in [2.24, 2.45) is 5.41 Å². The summed E-state index contributed by atoms with van der Waals surface area (Å²) in [6.45, 7) is 17.2. The molecule has 6 rings (SSSR count). The number of fused-ring (bicyclic) bond motifs is 2. The Morgan fingerprint density at radius 3 is 2.58 bits per heavy atom. The van der Waals surface area contributed by atoms with E-state index in [-0.39, 0.29) is 17.7 Å². The van der Waals surface area contributed by atoms with Gasteiger partial charge in [-0.05, 0) is 67.0 Å². The standard InChI is InChI=1S/C34H42IN5OS.H3N/c1-21(2)24-12-11-22(3)28(17-24)38-15-13-27-26(19-38)33(39-16-14-30(41-7)34(5,6)20-39)37-32(36-27)25-9-8-10-29-31(25)23(4)18-40(35)42-29;/h8-12,17-18,21,30H,13-16,19-20H2,1-7H3;1H3. The van der Waals surface area contributed by atoms with Crippen molar-refractivity contribution < 1.29 is 4.74 Å². The van der Waals surface area contributed by atoms with Crippen LogP contribution in [0.3, 0.4) is 0 Å². The summed E-state index contributed by atoms with van der Waals surface area (Å²) in [5.74, 6) is 2.44. The Bertz CT molecular complexity index is 1540. The molecule has 3 aliphatic heterocycles. The molecule has 230 valence electrons. The van der Waals surface area contributed by atoms with E-state index in [1.54, 1.807) is 11.9 Å². The summed E-state index contributed by atoms with van der Waals surface area (Å²) in [6, 6.07) is 13.5. The number of ether oxygens (including phenoxy) is 1. The highest BCUT2D eigenvalue weighted by molar-refractivity contribution is 14.1. The highest BCUT2D eigenvalue weighted by atomic mass is 127. The molecular weight excluding hydrogens is 667 g/mol. The molecule has 1 atom stereocenters. The molecule has 0 saturated carbocycles. The normalized spacial score (nSPS) is 19.5. The molecule has 0 radical (unpaired) electrons. The summed E-state index contributed by atoms with van der Waals surface area (Å²) in [5, 5.41) is 0. The topological polar surface area (TPSA) is 79.7 Å². The van der Waals surface area contributed by atoms with E-state index in [0.29, 0.717) is 5.92 Å². The summed E-state index contributed by atoms with van der Waals surface area (Å²) in [5.41, 5.74) is 10.1. The first-order valence-corrected chi connectivity index (χ1v) is 16.8. The molecule has 0 amide bonds. The van der Waals surface area contributed by atoms with Gasteiger partial charge in [0.1, 0.15) is 5.82 Å².